The van der Waals surface area contributed by atoms with Crippen molar-refractivity contribution in [2.24, 2.45) is 0 Å². The van der Waals surface area contributed by atoms with Crippen molar-refractivity contribution in [2.45, 2.75) is 6.92 Å². The van der Waals surface area contributed by atoms with E-state index in [2.05, 4.69) is 51.4 Å². The molecule has 0 aliphatic rings. The first kappa shape index (κ1) is 12.2. The smallest absolute Gasteiger partial charge is 0.0723 e. The molecule has 94 valence electrons. The first-order chi connectivity index (χ1) is 9.22. The summed E-state index contributed by atoms with van der Waals surface area (Å²) in [5, 5.41) is 4.58. The molecule has 3 heteroatoms. The Kier molecular flexibility index (Phi) is 3.22. The monoisotopic (exact) mass is 312 g/mol. The van der Waals surface area contributed by atoms with E-state index in [0.29, 0.717) is 0 Å². The number of rotatable bonds is 2. The van der Waals surface area contributed by atoms with E-state index in [1.165, 1.54) is 5.56 Å². The third-order valence-electron chi connectivity index (χ3n) is 3.02. The van der Waals surface area contributed by atoms with Crippen LogP contribution in [-0.2, 0) is 0 Å². The molecular formula is C16H13BrN2. The molecule has 0 bridgehead atoms. The SMILES string of the molecule is Cc1ccc2nccc(Nc3ccc(Br)cc3)c2c1. The number of hydrogen-bond acceptors (Lipinski definition) is 2. The van der Waals surface area contributed by atoms with Gasteiger partial charge in [0.05, 0.1) is 5.52 Å². The second-order valence-corrected chi connectivity index (χ2v) is 5.43. The Bertz CT molecular complexity index is 720. The second kappa shape index (κ2) is 5.02. The molecule has 0 unspecified atom stereocenters. The molecule has 1 heterocycles. The Hall–Kier alpha value is -1.87. The summed E-state index contributed by atoms with van der Waals surface area (Å²) in [5.41, 5.74) is 4.39. The van der Waals surface area contributed by atoms with Crippen LogP contribution in [0, 0.1) is 6.92 Å². The zero-order valence-corrected chi connectivity index (χ0v) is 12.1. The Balaban J connectivity index is 2.05. The lowest BCUT2D eigenvalue weighted by Crippen LogP contribution is -1.92. The van der Waals surface area contributed by atoms with Crippen molar-refractivity contribution in [3.63, 3.8) is 0 Å². The molecule has 0 fully saturated rings. The molecular weight excluding hydrogens is 300 g/mol. The Labute approximate surface area is 120 Å². The summed E-state index contributed by atoms with van der Waals surface area (Å²) in [6, 6.07) is 16.4. The van der Waals surface area contributed by atoms with Gasteiger partial charge < -0.3 is 5.32 Å². The maximum atomic E-state index is 4.39. The zero-order chi connectivity index (χ0) is 13.2. The van der Waals surface area contributed by atoms with Crippen LogP contribution in [0.5, 0.6) is 0 Å². The van der Waals surface area contributed by atoms with E-state index in [0.717, 1.165) is 26.8 Å². The highest BCUT2D eigenvalue weighted by atomic mass is 79.9. The van der Waals surface area contributed by atoms with Crippen LogP contribution < -0.4 is 5.32 Å². The number of halogens is 1. The lowest BCUT2D eigenvalue weighted by molar-refractivity contribution is 1.39. The van der Waals surface area contributed by atoms with Crippen molar-refractivity contribution in [3.8, 4) is 0 Å². The first-order valence-corrected chi connectivity index (χ1v) is 6.90. The van der Waals surface area contributed by atoms with Crippen LogP contribution >= 0.6 is 15.9 Å². The molecule has 0 spiro atoms. The van der Waals surface area contributed by atoms with Crippen LogP contribution in [0.2, 0.25) is 0 Å². The molecule has 1 N–H and O–H groups in total. The lowest BCUT2D eigenvalue weighted by Gasteiger charge is -2.10. The minimum Gasteiger partial charge on any atom is -0.355 e. The molecule has 0 saturated heterocycles. The number of hydrogen-bond donors (Lipinski definition) is 1. The first-order valence-electron chi connectivity index (χ1n) is 6.10. The molecule has 1 aromatic heterocycles. The Morgan fingerprint density at radius 2 is 1.79 bits per heavy atom. The van der Waals surface area contributed by atoms with Crippen LogP contribution in [0.3, 0.4) is 0 Å². The summed E-state index contributed by atoms with van der Waals surface area (Å²) in [5.74, 6) is 0. The van der Waals surface area contributed by atoms with Gasteiger partial charge in [-0.2, -0.15) is 0 Å². The van der Waals surface area contributed by atoms with Crippen LogP contribution in [0.4, 0.5) is 11.4 Å². The lowest BCUT2D eigenvalue weighted by atomic mass is 10.1. The van der Waals surface area contributed by atoms with Gasteiger partial charge in [-0.25, -0.2) is 0 Å². The predicted octanol–water partition coefficient (Wildman–Crippen LogP) is 5.05. The van der Waals surface area contributed by atoms with Crippen molar-refractivity contribution in [1.82, 2.24) is 4.98 Å². The van der Waals surface area contributed by atoms with Crippen molar-refractivity contribution >= 4 is 38.2 Å². The predicted molar refractivity (Wildman–Crippen MR) is 83.9 cm³/mol. The Morgan fingerprint density at radius 3 is 2.58 bits per heavy atom. The summed E-state index contributed by atoms with van der Waals surface area (Å²) < 4.78 is 1.08. The van der Waals surface area contributed by atoms with Crippen LogP contribution in [0.25, 0.3) is 10.9 Å². The summed E-state index contributed by atoms with van der Waals surface area (Å²) in [6.07, 6.45) is 1.83. The summed E-state index contributed by atoms with van der Waals surface area (Å²) in [4.78, 5) is 4.39. The van der Waals surface area contributed by atoms with Gasteiger partial charge in [-0.05, 0) is 49.4 Å². The average Bonchev–Trinajstić information content (AvgIpc) is 2.42. The van der Waals surface area contributed by atoms with Gasteiger partial charge in [-0.3, -0.25) is 4.98 Å². The number of fused-ring (bicyclic) bond motifs is 1. The molecule has 0 amide bonds. The number of anilines is 2. The topological polar surface area (TPSA) is 24.9 Å². The third kappa shape index (κ3) is 2.61. The number of aryl methyl sites for hydroxylation is 1. The van der Waals surface area contributed by atoms with Crippen LogP contribution in [0.15, 0.2) is 59.2 Å². The molecule has 0 radical (unpaired) electrons. The fourth-order valence-corrected chi connectivity index (χ4v) is 2.32. The van der Waals surface area contributed by atoms with Crippen molar-refractivity contribution in [3.05, 3.63) is 64.8 Å². The fraction of sp³-hybridized carbons (Fsp3) is 0.0625. The van der Waals surface area contributed by atoms with Gasteiger partial charge in [0, 0.05) is 27.4 Å². The molecule has 3 rings (SSSR count). The summed E-state index contributed by atoms with van der Waals surface area (Å²) in [7, 11) is 0. The number of aromatic nitrogens is 1. The zero-order valence-electron chi connectivity index (χ0n) is 10.5. The highest BCUT2D eigenvalue weighted by Gasteiger charge is 2.02. The van der Waals surface area contributed by atoms with E-state index in [9.17, 15) is 0 Å². The average molecular weight is 313 g/mol. The standard InChI is InChI=1S/C16H13BrN2/c1-11-2-7-15-14(10-11)16(8-9-18-15)19-13-5-3-12(17)4-6-13/h2-10H,1H3,(H,18,19). The number of nitrogens with zero attached hydrogens (tertiary/aromatic N) is 1. The van der Waals surface area contributed by atoms with Gasteiger partial charge in [-0.1, -0.05) is 27.6 Å². The van der Waals surface area contributed by atoms with E-state index in [4.69, 9.17) is 0 Å². The number of benzene rings is 2. The molecule has 2 aromatic carbocycles. The minimum atomic E-state index is 1.01. The molecule has 0 saturated carbocycles. The van der Waals surface area contributed by atoms with Crippen molar-refractivity contribution < 1.29 is 0 Å². The quantitative estimate of drug-likeness (QED) is 0.716. The molecule has 0 aliphatic heterocycles. The maximum absolute atomic E-state index is 4.39. The van der Waals surface area contributed by atoms with E-state index in [1.54, 1.807) is 0 Å². The van der Waals surface area contributed by atoms with E-state index in [-0.39, 0.29) is 0 Å². The molecule has 0 atom stereocenters. The van der Waals surface area contributed by atoms with E-state index < -0.39 is 0 Å². The molecule has 19 heavy (non-hydrogen) atoms. The minimum absolute atomic E-state index is 1.01. The van der Waals surface area contributed by atoms with Crippen LogP contribution in [-0.4, -0.2) is 4.98 Å². The van der Waals surface area contributed by atoms with E-state index in [1.807, 2.05) is 36.5 Å². The van der Waals surface area contributed by atoms with Gasteiger partial charge in [-0.15, -0.1) is 0 Å². The van der Waals surface area contributed by atoms with Gasteiger partial charge >= 0.3 is 0 Å². The maximum Gasteiger partial charge on any atom is 0.0723 e. The highest BCUT2D eigenvalue weighted by Crippen LogP contribution is 2.26. The van der Waals surface area contributed by atoms with Gasteiger partial charge in [0.15, 0.2) is 0 Å². The number of pyridine rings is 1. The third-order valence-corrected chi connectivity index (χ3v) is 3.55. The van der Waals surface area contributed by atoms with Crippen molar-refractivity contribution in [2.75, 3.05) is 5.32 Å². The fourth-order valence-electron chi connectivity index (χ4n) is 2.06. The molecule has 3 aromatic rings. The highest BCUT2D eigenvalue weighted by molar-refractivity contribution is 9.10. The summed E-state index contributed by atoms with van der Waals surface area (Å²) in [6.45, 7) is 2.09. The Morgan fingerprint density at radius 1 is 1.00 bits per heavy atom. The van der Waals surface area contributed by atoms with Crippen LogP contribution in [0.1, 0.15) is 5.56 Å². The number of nitrogens with one attached hydrogen (secondary N) is 1. The largest absolute Gasteiger partial charge is 0.355 e. The summed E-state index contributed by atoms with van der Waals surface area (Å²) >= 11 is 3.44. The molecule has 0 aliphatic carbocycles. The van der Waals surface area contributed by atoms with Gasteiger partial charge in [0.2, 0.25) is 0 Å². The second-order valence-electron chi connectivity index (χ2n) is 4.51. The van der Waals surface area contributed by atoms with E-state index >= 15 is 0 Å². The van der Waals surface area contributed by atoms with Gasteiger partial charge in [0.1, 0.15) is 0 Å². The van der Waals surface area contributed by atoms with Crippen molar-refractivity contribution in [1.29, 1.82) is 0 Å². The molecule has 2 nitrogen and oxygen atoms in total. The van der Waals surface area contributed by atoms with Gasteiger partial charge in [0.25, 0.3) is 0 Å². The normalized spacial score (nSPS) is 10.6.